The van der Waals surface area contributed by atoms with Gasteiger partial charge in [0.05, 0.1) is 39.8 Å². The van der Waals surface area contributed by atoms with Crippen LogP contribution in [0, 0.1) is 13.8 Å². The Morgan fingerprint density at radius 1 is 0.660 bits per heavy atom. The summed E-state index contributed by atoms with van der Waals surface area (Å²) in [6.45, 7) is 3.72. The normalized spacial score (nSPS) is 12.4. The third-order valence-corrected chi connectivity index (χ3v) is 8.27. The van der Waals surface area contributed by atoms with Crippen molar-refractivity contribution in [3.63, 3.8) is 0 Å². The van der Waals surface area contributed by atoms with Crippen LogP contribution in [0.25, 0.3) is 21.8 Å². The Bertz CT molecular complexity index is 2200. The van der Waals surface area contributed by atoms with Gasteiger partial charge in [-0.3, -0.25) is 14.5 Å². The summed E-state index contributed by atoms with van der Waals surface area (Å²) >= 11 is 0. The van der Waals surface area contributed by atoms with Crippen LogP contribution in [0.4, 0.5) is 0 Å². The number of fused-ring (bicyclic) bond motifs is 3. The average molecular weight is 621 g/mol. The number of para-hydroxylation sites is 1. The van der Waals surface area contributed by atoms with E-state index < -0.39 is 11.9 Å². The number of aromatic nitrogens is 1. The standard InChI is InChI=1S/C39H28N2O6/c1-23-18-27(38(44)46-22-25-10-4-3-5-11-25)19-24(2)35(23)47-39(45)34-30-14-8-9-15-32(30)40-33-17-16-26(20-31(33)34)21-41-36(42)28-12-6-7-13-29(28)37(41)43/h3-20H,21-22H2,1-2H3. The van der Waals surface area contributed by atoms with E-state index in [-0.39, 0.29) is 25.0 Å². The number of aryl methyl sites for hydroxylation is 2. The van der Waals surface area contributed by atoms with Crippen molar-refractivity contribution in [2.24, 2.45) is 0 Å². The van der Waals surface area contributed by atoms with E-state index in [0.717, 1.165) is 5.56 Å². The van der Waals surface area contributed by atoms with Crippen molar-refractivity contribution in [1.82, 2.24) is 9.88 Å². The van der Waals surface area contributed by atoms with E-state index in [1.807, 2.05) is 48.5 Å². The second kappa shape index (κ2) is 12.0. The Hall–Kier alpha value is -6.15. The van der Waals surface area contributed by atoms with Gasteiger partial charge >= 0.3 is 11.9 Å². The lowest BCUT2D eigenvalue weighted by atomic mass is 10.0. The molecule has 7 rings (SSSR count). The van der Waals surface area contributed by atoms with Crippen LogP contribution in [-0.4, -0.2) is 33.6 Å². The fraction of sp³-hybridized carbons (Fsp3) is 0.103. The highest BCUT2D eigenvalue weighted by Crippen LogP contribution is 2.32. The molecule has 0 N–H and O–H groups in total. The Labute approximate surface area is 270 Å². The van der Waals surface area contributed by atoms with Crippen LogP contribution < -0.4 is 4.74 Å². The highest BCUT2D eigenvalue weighted by atomic mass is 16.5. The first-order valence-corrected chi connectivity index (χ1v) is 15.1. The molecule has 0 saturated heterocycles. The van der Waals surface area contributed by atoms with Crippen LogP contribution in [0.15, 0.2) is 109 Å². The minimum absolute atomic E-state index is 0.0314. The minimum Gasteiger partial charge on any atom is -0.457 e. The molecule has 0 fully saturated rings. The first-order chi connectivity index (χ1) is 22.8. The predicted molar refractivity (Wildman–Crippen MR) is 176 cm³/mol. The lowest BCUT2D eigenvalue weighted by Crippen LogP contribution is -2.29. The zero-order valence-electron chi connectivity index (χ0n) is 25.7. The lowest BCUT2D eigenvalue weighted by Gasteiger charge is -2.17. The Balaban J connectivity index is 1.20. The van der Waals surface area contributed by atoms with Crippen molar-refractivity contribution in [3.05, 3.63) is 154 Å². The summed E-state index contributed by atoms with van der Waals surface area (Å²) in [5, 5.41) is 1.12. The average Bonchev–Trinajstić information content (AvgIpc) is 3.32. The van der Waals surface area contributed by atoms with Gasteiger partial charge in [0.2, 0.25) is 0 Å². The number of hydrogen-bond donors (Lipinski definition) is 0. The van der Waals surface area contributed by atoms with Crippen molar-refractivity contribution in [3.8, 4) is 5.75 Å². The number of pyridine rings is 1. The van der Waals surface area contributed by atoms with Gasteiger partial charge in [0.25, 0.3) is 11.8 Å². The molecule has 0 unspecified atom stereocenters. The largest absolute Gasteiger partial charge is 0.457 e. The van der Waals surface area contributed by atoms with Crippen LogP contribution in [0.2, 0.25) is 0 Å². The molecule has 2 amide bonds. The maximum Gasteiger partial charge on any atom is 0.344 e. The second-order valence-electron chi connectivity index (χ2n) is 11.5. The topological polar surface area (TPSA) is 103 Å². The molecule has 1 aliphatic rings. The van der Waals surface area contributed by atoms with Gasteiger partial charge in [-0.15, -0.1) is 0 Å². The Morgan fingerprint density at radius 3 is 1.98 bits per heavy atom. The molecule has 6 aromatic rings. The second-order valence-corrected chi connectivity index (χ2v) is 11.5. The van der Waals surface area contributed by atoms with Crippen LogP contribution in [0.3, 0.4) is 0 Å². The van der Waals surface area contributed by atoms with Gasteiger partial charge in [0.1, 0.15) is 12.4 Å². The summed E-state index contributed by atoms with van der Waals surface area (Å²) in [7, 11) is 0. The van der Waals surface area contributed by atoms with Crippen molar-refractivity contribution in [1.29, 1.82) is 0 Å². The third-order valence-electron chi connectivity index (χ3n) is 8.27. The smallest absolute Gasteiger partial charge is 0.344 e. The summed E-state index contributed by atoms with van der Waals surface area (Å²) in [5.41, 5.74) is 5.31. The Morgan fingerprint density at radius 2 is 1.28 bits per heavy atom. The van der Waals surface area contributed by atoms with Gasteiger partial charge in [-0.05, 0) is 78.6 Å². The highest BCUT2D eigenvalue weighted by molar-refractivity contribution is 6.21. The quantitative estimate of drug-likeness (QED) is 0.0794. The summed E-state index contributed by atoms with van der Waals surface area (Å²) in [6.07, 6.45) is 0. The molecule has 1 aromatic heterocycles. The fourth-order valence-corrected chi connectivity index (χ4v) is 6.00. The number of carbonyl (C=O) groups is 4. The van der Waals surface area contributed by atoms with Crippen molar-refractivity contribution in [2.75, 3.05) is 0 Å². The van der Waals surface area contributed by atoms with Gasteiger partial charge in [-0.1, -0.05) is 66.7 Å². The predicted octanol–water partition coefficient (Wildman–Crippen LogP) is 7.38. The molecule has 0 atom stereocenters. The SMILES string of the molecule is Cc1cc(C(=O)OCc2ccccc2)cc(C)c1OC(=O)c1c2ccccc2nc2ccc(CN3C(=O)c4ccccc4C3=O)cc12. The molecule has 0 radical (unpaired) electrons. The summed E-state index contributed by atoms with van der Waals surface area (Å²) in [5.74, 6) is -1.46. The van der Waals surface area contributed by atoms with E-state index in [2.05, 4.69) is 0 Å². The maximum atomic E-state index is 14.1. The first-order valence-electron chi connectivity index (χ1n) is 15.1. The molecule has 1 aliphatic heterocycles. The number of amides is 2. The van der Waals surface area contributed by atoms with Crippen molar-refractivity contribution < 1.29 is 28.7 Å². The van der Waals surface area contributed by atoms with E-state index >= 15 is 0 Å². The summed E-state index contributed by atoms with van der Waals surface area (Å²) < 4.78 is 11.6. The Kier molecular flexibility index (Phi) is 7.53. The van der Waals surface area contributed by atoms with Gasteiger partial charge in [-0.2, -0.15) is 0 Å². The van der Waals surface area contributed by atoms with Crippen LogP contribution in [0.1, 0.15) is 63.7 Å². The van der Waals surface area contributed by atoms with Crippen molar-refractivity contribution >= 4 is 45.6 Å². The molecule has 47 heavy (non-hydrogen) atoms. The van der Waals surface area contributed by atoms with E-state index in [4.69, 9.17) is 14.5 Å². The molecule has 230 valence electrons. The molecule has 2 heterocycles. The summed E-state index contributed by atoms with van der Waals surface area (Å²) in [4.78, 5) is 59.0. The minimum atomic E-state index is -0.600. The maximum absolute atomic E-state index is 14.1. The number of esters is 2. The molecule has 5 aromatic carbocycles. The number of imide groups is 1. The van der Waals surface area contributed by atoms with Gasteiger partial charge in [0.15, 0.2) is 0 Å². The van der Waals surface area contributed by atoms with Gasteiger partial charge in [0, 0.05) is 10.8 Å². The number of carbonyl (C=O) groups excluding carboxylic acids is 4. The zero-order chi connectivity index (χ0) is 32.7. The number of nitrogens with zero attached hydrogens (tertiary/aromatic N) is 2. The zero-order valence-corrected chi connectivity index (χ0v) is 25.7. The molecular formula is C39H28N2O6. The molecule has 0 saturated carbocycles. The van der Waals surface area contributed by atoms with E-state index in [1.54, 1.807) is 74.5 Å². The van der Waals surface area contributed by atoms with E-state index in [9.17, 15) is 19.2 Å². The van der Waals surface area contributed by atoms with Crippen molar-refractivity contribution in [2.45, 2.75) is 27.0 Å². The van der Waals surface area contributed by atoms with Crippen LogP contribution >= 0.6 is 0 Å². The lowest BCUT2D eigenvalue weighted by molar-refractivity contribution is 0.0471. The number of rotatable bonds is 7. The van der Waals surface area contributed by atoms with Gasteiger partial charge < -0.3 is 9.47 Å². The van der Waals surface area contributed by atoms with E-state index in [0.29, 0.717) is 66.5 Å². The molecule has 8 heteroatoms. The van der Waals surface area contributed by atoms with Crippen LogP contribution in [-0.2, 0) is 17.9 Å². The summed E-state index contributed by atoms with van der Waals surface area (Å²) in [6, 6.07) is 32.1. The number of hydrogen-bond acceptors (Lipinski definition) is 7. The molecular weight excluding hydrogens is 592 g/mol. The highest BCUT2D eigenvalue weighted by Gasteiger charge is 2.35. The van der Waals surface area contributed by atoms with Gasteiger partial charge in [-0.25, -0.2) is 14.6 Å². The molecule has 0 bridgehead atoms. The van der Waals surface area contributed by atoms with Crippen LogP contribution in [0.5, 0.6) is 5.75 Å². The number of benzene rings is 5. The fourth-order valence-electron chi connectivity index (χ4n) is 6.00. The third kappa shape index (κ3) is 5.50. The molecule has 8 nitrogen and oxygen atoms in total. The first kappa shape index (κ1) is 29.6. The number of ether oxygens (including phenoxy) is 2. The molecule has 0 spiro atoms. The van der Waals surface area contributed by atoms with E-state index in [1.165, 1.54) is 4.90 Å². The monoisotopic (exact) mass is 620 g/mol. The molecule has 0 aliphatic carbocycles.